The van der Waals surface area contributed by atoms with E-state index in [-0.39, 0.29) is 5.91 Å². The van der Waals surface area contributed by atoms with Crippen LogP contribution in [0.25, 0.3) is 0 Å². The van der Waals surface area contributed by atoms with Crippen molar-refractivity contribution in [2.24, 2.45) is 0 Å². The molecule has 2 aromatic rings. The van der Waals surface area contributed by atoms with Crippen LogP contribution in [0.2, 0.25) is 0 Å². The molecule has 0 bridgehead atoms. The number of benzene rings is 1. The quantitative estimate of drug-likeness (QED) is 0.668. The number of aryl methyl sites for hydroxylation is 1. The van der Waals surface area contributed by atoms with Gasteiger partial charge in [0.1, 0.15) is 5.82 Å². The summed E-state index contributed by atoms with van der Waals surface area (Å²) < 4.78 is 10.5. The van der Waals surface area contributed by atoms with Gasteiger partial charge in [0.15, 0.2) is 11.5 Å². The van der Waals surface area contributed by atoms with Gasteiger partial charge in [-0.15, -0.1) is 0 Å². The highest BCUT2D eigenvalue weighted by Gasteiger charge is 2.08. The number of rotatable bonds is 10. The summed E-state index contributed by atoms with van der Waals surface area (Å²) in [4.78, 5) is 18.6. The number of hydrogen-bond donors (Lipinski definition) is 2. The van der Waals surface area contributed by atoms with Gasteiger partial charge < -0.3 is 25.0 Å². The molecule has 27 heavy (non-hydrogen) atoms. The number of methoxy groups -OCH3 is 2. The molecule has 0 aliphatic carbocycles. The van der Waals surface area contributed by atoms with Crippen LogP contribution >= 0.6 is 0 Å². The Morgan fingerprint density at radius 2 is 1.89 bits per heavy atom. The first-order valence-electron chi connectivity index (χ1n) is 8.87. The lowest BCUT2D eigenvalue weighted by molar-refractivity contribution is -0.116. The fourth-order valence-electron chi connectivity index (χ4n) is 2.50. The van der Waals surface area contributed by atoms with Crippen LogP contribution in [0.5, 0.6) is 11.5 Å². The van der Waals surface area contributed by atoms with E-state index >= 15 is 0 Å². The molecule has 0 fully saturated rings. The number of nitrogens with zero attached hydrogens (tertiary/aromatic N) is 2. The van der Waals surface area contributed by atoms with E-state index in [1.54, 1.807) is 20.4 Å². The molecule has 1 amide bonds. The lowest BCUT2D eigenvalue weighted by Gasteiger charge is -2.11. The number of ether oxygens (including phenoxy) is 2. The second-order valence-electron chi connectivity index (χ2n) is 6.40. The summed E-state index contributed by atoms with van der Waals surface area (Å²) >= 11 is 0. The molecule has 1 heterocycles. The molecule has 146 valence electrons. The van der Waals surface area contributed by atoms with E-state index in [9.17, 15) is 4.79 Å². The lowest BCUT2D eigenvalue weighted by Crippen LogP contribution is -2.21. The Bertz CT molecular complexity index is 733. The Hall–Kier alpha value is -2.80. The molecule has 1 aromatic heterocycles. The third-order valence-corrected chi connectivity index (χ3v) is 4.00. The van der Waals surface area contributed by atoms with Crippen LogP contribution in [0.1, 0.15) is 12.0 Å². The van der Waals surface area contributed by atoms with Crippen molar-refractivity contribution in [2.75, 3.05) is 52.0 Å². The molecule has 2 rings (SSSR count). The van der Waals surface area contributed by atoms with E-state index in [1.165, 1.54) is 0 Å². The minimum Gasteiger partial charge on any atom is -0.493 e. The predicted molar refractivity (Wildman–Crippen MR) is 108 cm³/mol. The number of amides is 1. The van der Waals surface area contributed by atoms with Crippen molar-refractivity contribution in [2.45, 2.75) is 12.8 Å². The Balaban J connectivity index is 1.81. The monoisotopic (exact) mass is 372 g/mol. The standard InChI is InChI=1S/C20H28N4O3/c1-24(2)12-11-21-19-9-7-16(14-22-19)23-20(25)10-6-15-5-8-17(26-3)18(13-15)27-4/h5,7-9,13-14H,6,10-12H2,1-4H3,(H,21,22)(H,23,25). The van der Waals surface area contributed by atoms with Crippen molar-refractivity contribution in [1.82, 2.24) is 9.88 Å². The molecule has 0 aliphatic rings. The zero-order valence-corrected chi connectivity index (χ0v) is 16.4. The smallest absolute Gasteiger partial charge is 0.224 e. The lowest BCUT2D eigenvalue weighted by atomic mass is 10.1. The van der Waals surface area contributed by atoms with E-state index in [1.807, 2.05) is 44.4 Å². The predicted octanol–water partition coefficient (Wildman–Crippen LogP) is 2.64. The van der Waals surface area contributed by atoms with Crippen LogP contribution in [-0.2, 0) is 11.2 Å². The highest BCUT2D eigenvalue weighted by atomic mass is 16.5. The number of nitrogens with one attached hydrogen (secondary N) is 2. The molecule has 1 aromatic carbocycles. The van der Waals surface area contributed by atoms with Gasteiger partial charge in [-0.25, -0.2) is 4.98 Å². The highest BCUT2D eigenvalue weighted by molar-refractivity contribution is 5.90. The summed E-state index contributed by atoms with van der Waals surface area (Å²) in [5.41, 5.74) is 1.70. The van der Waals surface area contributed by atoms with E-state index in [0.717, 1.165) is 24.5 Å². The zero-order valence-electron chi connectivity index (χ0n) is 16.4. The Labute approximate surface area is 160 Å². The second-order valence-corrected chi connectivity index (χ2v) is 6.40. The van der Waals surface area contributed by atoms with Crippen LogP contribution in [0.4, 0.5) is 11.5 Å². The van der Waals surface area contributed by atoms with Crippen molar-refractivity contribution in [1.29, 1.82) is 0 Å². The first-order valence-corrected chi connectivity index (χ1v) is 8.87. The number of aromatic nitrogens is 1. The van der Waals surface area contributed by atoms with Gasteiger partial charge in [0.05, 0.1) is 26.1 Å². The van der Waals surface area contributed by atoms with Gasteiger partial charge in [0, 0.05) is 19.5 Å². The third kappa shape index (κ3) is 6.79. The van der Waals surface area contributed by atoms with Gasteiger partial charge in [0.2, 0.25) is 5.91 Å². The van der Waals surface area contributed by atoms with Gasteiger partial charge in [-0.05, 0) is 50.3 Å². The largest absolute Gasteiger partial charge is 0.493 e. The van der Waals surface area contributed by atoms with E-state index in [4.69, 9.17) is 9.47 Å². The zero-order chi connectivity index (χ0) is 19.6. The number of hydrogen-bond acceptors (Lipinski definition) is 6. The van der Waals surface area contributed by atoms with E-state index < -0.39 is 0 Å². The van der Waals surface area contributed by atoms with Crippen LogP contribution in [0.15, 0.2) is 36.5 Å². The van der Waals surface area contributed by atoms with Crippen LogP contribution < -0.4 is 20.1 Å². The average Bonchev–Trinajstić information content (AvgIpc) is 2.67. The maximum Gasteiger partial charge on any atom is 0.224 e. The fourth-order valence-corrected chi connectivity index (χ4v) is 2.50. The van der Waals surface area contributed by atoms with Crippen molar-refractivity contribution < 1.29 is 14.3 Å². The molecule has 0 atom stereocenters. The molecule has 0 radical (unpaired) electrons. The minimum absolute atomic E-state index is 0.0556. The molecule has 0 aliphatic heterocycles. The Morgan fingerprint density at radius 1 is 1.11 bits per heavy atom. The van der Waals surface area contributed by atoms with Crippen molar-refractivity contribution in [3.05, 3.63) is 42.1 Å². The summed E-state index contributed by atoms with van der Waals surface area (Å²) in [6.07, 6.45) is 2.65. The highest BCUT2D eigenvalue weighted by Crippen LogP contribution is 2.28. The Kier molecular flexibility index (Phi) is 7.88. The SMILES string of the molecule is COc1ccc(CCC(=O)Nc2ccc(NCCN(C)C)nc2)cc1OC. The Morgan fingerprint density at radius 3 is 2.52 bits per heavy atom. The normalized spacial score (nSPS) is 10.6. The average molecular weight is 372 g/mol. The number of pyridine rings is 1. The van der Waals surface area contributed by atoms with E-state index in [2.05, 4.69) is 20.5 Å². The van der Waals surface area contributed by atoms with Crippen molar-refractivity contribution in [3.8, 4) is 11.5 Å². The van der Waals surface area contributed by atoms with Gasteiger partial charge in [-0.3, -0.25) is 4.79 Å². The summed E-state index contributed by atoms with van der Waals surface area (Å²) in [6.45, 7) is 1.74. The molecule has 0 unspecified atom stereocenters. The number of likely N-dealkylation sites (N-methyl/N-ethyl adjacent to an activating group) is 1. The topological polar surface area (TPSA) is 75.7 Å². The second kappa shape index (κ2) is 10.4. The van der Waals surface area contributed by atoms with Crippen molar-refractivity contribution >= 4 is 17.4 Å². The van der Waals surface area contributed by atoms with Crippen LogP contribution in [0, 0.1) is 0 Å². The molecule has 7 nitrogen and oxygen atoms in total. The maximum absolute atomic E-state index is 12.2. The number of carbonyl (C=O) groups is 1. The molecular weight excluding hydrogens is 344 g/mol. The molecular formula is C20H28N4O3. The number of carbonyl (C=O) groups excluding carboxylic acids is 1. The first kappa shape index (κ1) is 20.5. The van der Waals surface area contributed by atoms with Crippen molar-refractivity contribution in [3.63, 3.8) is 0 Å². The summed E-state index contributed by atoms with van der Waals surface area (Å²) in [5.74, 6) is 2.08. The van der Waals surface area contributed by atoms with Gasteiger partial charge in [-0.1, -0.05) is 6.07 Å². The van der Waals surface area contributed by atoms with Crippen LogP contribution in [0.3, 0.4) is 0 Å². The fraction of sp³-hybridized carbons (Fsp3) is 0.400. The third-order valence-electron chi connectivity index (χ3n) is 4.00. The molecule has 0 saturated carbocycles. The van der Waals surface area contributed by atoms with Gasteiger partial charge in [-0.2, -0.15) is 0 Å². The van der Waals surface area contributed by atoms with Crippen LogP contribution in [-0.4, -0.2) is 57.2 Å². The summed E-state index contributed by atoms with van der Waals surface area (Å²) in [6, 6.07) is 9.38. The summed E-state index contributed by atoms with van der Waals surface area (Å²) in [7, 11) is 7.24. The molecule has 2 N–H and O–H groups in total. The molecule has 0 spiro atoms. The number of anilines is 2. The first-order chi connectivity index (χ1) is 13.0. The van der Waals surface area contributed by atoms with Gasteiger partial charge >= 0.3 is 0 Å². The molecule has 0 saturated heterocycles. The minimum atomic E-state index is -0.0556. The maximum atomic E-state index is 12.2. The van der Waals surface area contributed by atoms with Gasteiger partial charge in [0.25, 0.3) is 0 Å². The molecule has 7 heteroatoms. The van der Waals surface area contributed by atoms with E-state index in [0.29, 0.717) is 30.0 Å². The summed E-state index contributed by atoms with van der Waals surface area (Å²) in [5, 5.41) is 6.11.